The summed E-state index contributed by atoms with van der Waals surface area (Å²) in [5.74, 6) is 0.370. The minimum atomic E-state index is -0.368. The normalized spacial score (nSPS) is 16.0. The van der Waals surface area contributed by atoms with Gasteiger partial charge in [-0.2, -0.15) is 9.38 Å². The number of hydrogen-bond donors (Lipinski definition) is 1. The quantitative estimate of drug-likeness (QED) is 0.564. The van der Waals surface area contributed by atoms with Crippen LogP contribution in [0.5, 0.6) is 0 Å². The summed E-state index contributed by atoms with van der Waals surface area (Å²) in [6, 6.07) is 16.0. The summed E-state index contributed by atoms with van der Waals surface area (Å²) in [4.78, 5) is 18.0. The third-order valence-electron chi connectivity index (χ3n) is 4.86. The lowest BCUT2D eigenvalue weighted by Gasteiger charge is -2.32. The van der Waals surface area contributed by atoms with Crippen molar-refractivity contribution < 1.29 is 4.92 Å². The van der Waals surface area contributed by atoms with Gasteiger partial charge < -0.3 is 15.4 Å². The van der Waals surface area contributed by atoms with E-state index in [0.717, 1.165) is 32.5 Å². The van der Waals surface area contributed by atoms with Crippen molar-refractivity contribution in [1.29, 1.82) is 0 Å². The minimum Gasteiger partial charge on any atom is -0.360 e. The first-order chi connectivity index (χ1) is 12.7. The Balaban J connectivity index is 1.42. The zero-order valence-electron chi connectivity index (χ0n) is 14.4. The zero-order chi connectivity index (χ0) is 17.9. The average molecular weight is 351 g/mol. The van der Waals surface area contributed by atoms with Crippen LogP contribution in [0.15, 0.2) is 54.7 Å². The SMILES string of the molecule is O=[N+]([O-])c1c(NC2CCN(Cc3ccccc3)CC2)nc2ccccn12. The van der Waals surface area contributed by atoms with E-state index in [1.807, 2.05) is 12.1 Å². The van der Waals surface area contributed by atoms with Crippen LogP contribution in [-0.2, 0) is 6.54 Å². The molecule has 1 aromatic carbocycles. The number of nitro groups is 1. The van der Waals surface area contributed by atoms with Crippen molar-refractivity contribution in [3.05, 3.63) is 70.4 Å². The Kier molecular flexibility index (Phi) is 4.53. The maximum absolute atomic E-state index is 11.5. The lowest BCUT2D eigenvalue weighted by Crippen LogP contribution is -2.38. The maximum Gasteiger partial charge on any atom is 0.372 e. The van der Waals surface area contributed by atoms with Crippen LogP contribution in [0, 0.1) is 10.1 Å². The summed E-state index contributed by atoms with van der Waals surface area (Å²) in [6.45, 7) is 2.88. The van der Waals surface area contributed by atoms with Gasteiger partial charge >= 0.3 is 5.82 Å². The molecule has 1 saturated heterocycles. The molecule has 1 aliphatic heterocycles. The number of anilines is 1. The zero-order valence-corrected chi connectivity index (χ0v) is 14.4. The van der Waals surface area contributed by atoms with E-state index < -0.39 is 0 Å². The molecule has 7 heteroatoms. The van der Waals surface area contributed by atoms with Crippen molar-refractivity contribution in [2.75, 3.05) is 18.4 Å². The van der Waals surface area contributed by atoms with Gasteiger partial charge in [0.25, 0.3) is 0 Å². The Hall–Kier alpha value is -2.93. The molecule has 0 unspecified atom stereocenters. The smallest absolute Gasteiger partial charge is 0.360 e. The molecule has 0 radical (unpaired) electrons. The molecule has 0 amide bonds. The number of hydrogen-bond acceptors (Lipinski definition) is 5. The summed E-state index contributed by atoms with van der Waals surface area (Å²) in [5, 5.41) is 14.8. The molecule has 4 rings (SSSR count). The molecule has 1 fully saturated rings. The molecule has 26 heavy (non-hydrogen) atoms. The van der Waals surface area contributed by atoms with Gasteiger partial charge in [-0.05, 0) is 29.4 Å². The maximum atomic E-state index is 11.5. The summed E-state index contributed by atoms with van der Waals surface area (Å²) >= 11 is 0. The Morgan fingerprint density at radius 2 is 1.85 bits per heavy atom. The number of nitrogens with one attached hydrogen (secondary N) is 1. The van der Waals surface area contributed by atoms with E-state index in [2.05, 4.69) is 39.5 Å². The van der Waals surface area contributed by atoms with E-state index in [1.165, 1.54) is 9.96 Å². The van der Waals surface area contributed by atoms with Gasteiger partial charge in [-0.25, -0.2) is 0 Å². The van der Waals surface area contributed by atoms with E-state index in [9.17, 15) is 10.1 Å². The van der Waals surface area contributed by atoms with Crippen molar-refractivity contribution >= 4 is 17.3 Å². The molecule has 0 bridgehead atoms. The second kappa shape index (κ2) is 7.13. The van der Waals surface area contributed by atoms with Crippen molar-refractivity contribution in [2.45, 2.75) is 25.4 Å². The molecule has 134 valence electrons. The number of imidazole rings is 1. The van der Waals surface area contributed by atoms with Crippen molar-refractivity contribution in [3.8, 4) is 0 Å². The Morgan fingerprint density at radius 1 is 1.12 bits per heavy atom. The fraction of sp³-hybridized carbons (Fsp3) is 0.316. The van der Waals surface area contributed by atoms with Gasteiger partial charge in [-0.1, -0.05) is 36.4 Å². The van der Waals surface area contributed by atoms with Gasteiger partial charge in [0.05, 0.1) is 6.20 Å². The van der Waals surface area contributed by atoms with Gasteiger partial charge in [0, 0.05) is 31.7 Å². The van der Waals surface area contributed by atoms with Crippen LogP contribution in [-0.4, -0.2) is 38.3 Å². The molecule has 3 aromatic rings. The first-order valence-electron chi connectivity index (χ1n) is 8.85. The third kappa shape index (κ3) is 3.39. The largest absolute Gasteiger partial charge is 0.372 e. The molecule has 2 aromatic heterocycles. The fourth-order valence-corrected chi connectivity index (χ4v) is 3.52. The van der Waals surface area contributed by atoms with Crippen LogP contribution >= 0.6 is 0 Å². The highest BCUT2D eigenvalue weighted by Crippen LogP contribution is 2.27. The van der Waals surface area contributed by atoms with E-state index in [-0.39, 0.29) is 16.8 Å². The molecule has 3 heterocycles. The second-order valence-electron chi connectivity index (χ2n) is 6.65. The number of likely N-dealkylation sites (tertiary alicyclic amines) is 1. The Labute approximate surface area is 151 Å². The highest BCUT2D eigenvalue weighted by molar-refractivity contribution is 5.62. The summed E-state index contributed by atoms with van der Waals surface area (Å²) in [5.41, 5.74) is 1.90. The summed E-state index contributed by atoms with van der Waals surface area (Å²) < 4.78 is 1.52. The predicted molar refractivity (Wildman–Crippen MR) is 100 cm³/mol. The van der Waals surface area contributed by atoms with Gasteiger partial charge in [0.2, 0.25) is 11.5 Å². The fourth-order valence-electron chi connectivity index (χ4n) is 3.52. The topological polar surface area (TPSA) is 75.7 Å². The van der Waals surface area contributed by atoms with Crippen molar-refractivity contribution in [3.63, 3.8) is 0 Å². The van der Waals surface area contributed by atoms with Crippen molar-refractivity contribution in [2.24, 2.45) is 0 Å². The van der Waals surface area contributed by atoms with Crippen LogP contribution < -0.4 is 5.32 Å². The van der Waals surface area contributed by atoms with Crippen LogP contribution in [0.2, 0.25) is 0 Å². The minimum absolute atomic E-state index is 0.00677. The highest BCUT2D eigenvalue weighted by Gasteiger charge is 2.26. The number of fused-ring (bicyclic) bond motifs is 1. The number of rotatable bonds is 5. The van der Waals surface area contributed by atoms with Gasteiger partial charge in [-0.15, -0.1) is 0 Å². The molecule has 0 atom stereocenters. The molecule has 7 nitrogen and oxygen atoms in total. The van der Waals surface area contributed by atoms with E-state index >= 15 is 0 Å². The van der Waals surface area contributed by atoms with Crippen LogP contribution in [0.25, 0.3) is 5.65 Å². The second-order valence-corrected chi connectivity index (χ2v) is 6.65. The summed E-state index contributed by atoms with van der Waals surface area (Å²) in [7, 11) is 0. The highest BCUT2D eigenvalue weighted by atomic mass is 16.6. The lowest BCUT2D eigenvalue weighted by molar-refractivity contribution is -0.389. The van der Waals surface area contributed by atoms with E-state index in [1.54, 1.807) is 18.3 Å². The van der Waals surface area contributed by atoms with E-state index in [0.29, 0.717) is 11.5 Å². The number of pyridine rings is 1. The van der Waals surface area contributed by atoms with Crippen LogP contribution in [0.1, 0.15) is 18.4 Å². The molecular weight excluding hydrogens is 330 g/mol. The number of aromatic nitrogens is 2. The molecule has 1 N–H and O–H groups in total. The van der Waals surface area contributed by atoms with Crippen LogP contribution in [0.4, 0.5) is 11.6 Å². The molecular formula is C19H21N5O2. The molecule has 1 aliphatic rings. The number of piperidine rings is 1. The first-order valence-corrected chi connectivity index (χ1v) is 8.85. The number of benzene rings is 1. The van der Waals surface area contributed by atoms with E-state index in [4.69, 9.17) is 0 Å². The third-order valence-corrected chi connectivity index (χ3v) is 4.86. The van der Waals surface area contributed by atoms with Gasteiger partial charge in [0.15, 0.2) is 0 Å². The standard InChI is InChI=1S/C19H21N5O2/c25-24(26)19-18(21-17-8-4-5-11-23(17)19)20-16-9-12-22(13-10-16)14-15-6-2-1-3-7-15/h1-8,11,16,20H,9-10,12-14H2. The summed E-state index contributed by atoms with van der Waals surface area (Å²) in [6.07, 6.45) is 3.56. The Morgan fingerprint density at radius 3 is 2.58 bits per heavy atom. The van der Waals surface area contributed by atoms with Crippen LogP contribution in [0.3, 0.4) is 0 Å². The van der Waals surface area contributed by atoms with Gasteiger partial charge in [-0.3, -0.25) is 4.90 Å². The predicted octanol–water partition coefficient (Wildman–Crippen LogP) is 3.32. The lowest BCUT2D eigenvalue weighted by atomic mass is 10.0. The Bertz CT molecular complexity index is 901. The van der Waals surface area contributed by atoms with Crippen molar-refractivity contribution in [1.82, 2.24) is 14.3 Å². The average Bonchev–Trinajstić information content (AvgIpc) is 3.02. The molecule has 0 saturated carbocycles. The van der Waals surface area contributed by atoms with Gasteiger partial charge in [0.1, 0.15) is 0 Å². The monoisotopic (exact) mass is 351 g/mol. The molecule has 0 aliphatic carbocycles. The molecule has 0 spiro atoms. The number of nitrogens with zero attached hydrogens (tertiary/aromatic N) is 4. The first kappa shape index (κ1) is 16.5.